The van der Waals surface area contributed by atoms with Gasteiger partial charge < -0.3 is 16.0 Å². The van der Waals surface area contributed by atoms with Crippen molar-refractivity contribution in [3.8, 4) is 0 Å². The minimum absolute atomic E-state index is 0. The molecule has 2 aromatic carbocycles. The normalized spacial score (nSPS) is 13.8. The molecule has 3 atom stereocenters. The Morgan fingerprint density at radius 3 is 2.42 bits per heavy atom. The van der Waals surface area contributed by atoms with Crippen molar-refractivity contribution >= 4 is 41.8 Å². The Hall–Kier alpha value is -2.08. The molecule has 3 unspecified atom stereocenters. The van der Waals surface area contributed by atoms with Crippen molar-refractivity contribution in [3.05, 3.63) is 66.0 Å². The van der Waals surface area contributed by atoms with E-state index in [0.29, 0.717) is 0 Å². The van der Waals surface area contributed by atoms with Gasteiger partial charge in [-0.3, -0.25) is 4.79 Å². The average molecular weight is 395 g/mol. The van der Waals surface area contributed by atoms with Gasteiger partial charge in [0.2, 0.25) is 5.91 Å². The largest absolute Gasteiger partial charge is 0.345 e. The number of rotatable bonds is 5. The minimum atomic E-state index is -0.257. The number of carbonyl (C=O) groups excluding carboxylic acids is 1. The third kappa shape index (κ3) is 4.75. The summed E-state index contributed by atoms with van der Waals surface area (Å²) in [4.78, 5) is 19.9. The van der Waals surface area contributed by atoms with E-state index in [2.05, 4.69) is 15.3 Å². The molecule has 26 heavy (non-hydrogen) atoms. The Labute approximate surface area is 165 Å². The number of imidazole rings is 1. The first-order valence-corrected chi connectivity index (χ1v) is 8.10. The van der Waals surface area contributed by atoms with Crippen molar-refractivity contribution in [2.45, 2.75) is 25.9 Å². The molecule has 3 aromatic rings. The molecule has 1 heterocycles. The molecular formula is C19H24Cl2N4O. The Morgan fingerprint density at radius 1 is 1.08 bits per heavy atom. The van der Waals surface area contributed by atoms with E-state index in [1.165, 1.54) is 0 Å². The molecule has 0 bridgehead atoms. The summed E-state index contributed by atoms with van der Waals surface area (Å²) in [6.45, 7) is 3.69. The highest BCUT2D eigenvalue weighted by atomic mass is 35.5. The number of hydrogen-bond acceptors (Lipinski definition) is 3. The van der Waals surface area contributed by atoms with Crippen LogP contribution in [0.4, 0.5) is 0 Å². The van der Waals surface area contributed by atoms with Crippen LogP contribution in [0.2, 0.25) is 0 Å². The van der Waals surface area contributed by atoms with Crippen molar-refractivity contribution in [3.63, 3.8) is 0 Å². The SMILES string of the molecule is CC(N)C(C)C(=O)NC(c1ccccc1)c1ccc2nc[nH]c2c1.Cl.Cl. The van der Waals surface area contributed by atoms with Crippen molar-refractivity contribution in [2.75, 3.05) is 0 Å². The number of H-pyrrole nitrogens is 1. The lowest BCUT2D eigenvalue weighted by molar-refractivity contribution is -0.125. The van der Waals surface area contributed by atoms with Crippen LogP contribution in [0.1, 0.15) is 31.0 Å². The second kappa shape index (κ2) is 9.57. The van der Waals surface area contributed by atoms with Gasteiger partial charge in [-0.05, 0) is 30.2 Å². The van der Waals surface area contributed by atoms with Crippen LogP contribution in [-0.2, 0) is 4.79 Å². The molecule has 0 spiro atoms. The van der Waals surface area contributed by atoms with E-state index >= 15 is 0 Å². The number of benzene rings is 2. The average Bonchev–Trinajstić information content (AvgIpc) is 3.07. The maximum absolute atomic E-state index is 12.5. The number of nitrogens with zero attached hydrogens (tertiary/aromatic N) is 1. The molecule has 0 aliphatic heterocycles. The van der Waals surface area contributed by atoms with Crippen LogP contribution in [0.5, 0.6) is 0 Å². The summed E-state index contributed by atoms with van der Waals surface area (Å²) in [5.41, 5.74) is 9.76. The van der Waals surface area contributed by atoms with Crippen LogP contribution in [-0.4, -0.2) is 21.9 Å². The summed E-state index contributed by atoms with van der Waals surface area (Å²) in [6.07, 6.45) is 1.67. The Kier molecular flexibility index (Phi) is 8.08. The molecule has 140 valence electrons. The third-order valence-electron chi connectivity index (χ3n) is 4.40. The molecule has 0 aliphatic rings. The highest BCUT2D eigenvalue weighted by molar-refractivity contribution is 5.85. The van der Waals surface area contributed by atoms with Gasteiger partial charge in [0.1, 0.15) is 0 Å². The van der Waals surface area contributed by atoms with E-state index in [-0.39, 0.29) is 48.7 Å². The van der Waals surface area contributed by atoms with Crippen LogP contribution < -0.4 is 11.1 Å². The van der Waals surface area contributed by atoms with Gasteiger partial charge in [0.15, 0.2) is 0 Å². The summed E-state index contributed by atoms with van der Waals surface area (Å²) in [7, 11) is 0. The second-order valence-corrected chi connectivity index (χ2v) is 6.18. The van der Waals surface area contributed by atoms with Crippen molar-refractivity contribution in [2.24, 2.45) is 11.7 Å². The summed E-state index contributed by atoms with van der Waals surface area (Å²) < 4.78 is 0. The van der Waals surface area contributed by atoms with E-state index in [9.17, 15) is 4.79 Å². The van der Waals surface area contributed by atoms with Gasteiger partial charge in [-0.2, -0.15) is 0 Å². The second-order valence-electron chi connectivity index (χ2n) is 6.18. The molecule has 0 saturated heterocycles. The maximum atomic E-state index is 12.5. The number of nitrogens with one attached hydrogen (secondary N) is 2. The van der Waals surface area contributed by atoms with E-state index in [4.69, 9.17) is 5.73 Å². The van der Waals surface area contributed by atoms with Crippen LogP contribution >= 0.6 is 24.8 Å². The first kappa shape index (κ1) is 22.0. The number of nitrogens with two attached hydrogens (primary N) is 1. The molecule has 4 N–H and O–H groups in total. The monoisotopic (exact) mass is 394 g/mol. The zero-order valence-corrected chi connectivity index (χ0v) is 16.3. The topological polar surface area (TPSA) is 83.8 Å². The van der Waals surface area contributed by atoms with Gasteiger partial charge in [-0.25, -0.2) is 4.98 Å². The number of fused-ring (bicyclic) bond motifs is 1. The summed E-state index contributed by atoms with van der Waals surface area (Å²) in [5.74, 6) is -0.310. The van der Waals surface area contributed by atoms with Gasteiger partial charge in [-0.1, -0.05) is 43.3 Å². The Balaban J connectivity index is 0.00000169. The van der Waals surface area contributed by atoms with Crippen molar-refractivity contribution in [1.82, 2.24) is 15.3 Å². The molecule has 3 rings (SSSR count). The number of carbonyl (C=O) groups is 1. The third-order valence-corrected chi connectivity index (χ3v) is 4.40. The van der Waals surface area contributed by atoms with E-state index in [1.807, 2.05) is 62.4 Å². The molecule has 0 fully saturated rings. The predicted molar refractivity (Wildman–Crippen MR) is 110 cm³/mol. The number of aromatic nitrogens is 2. The molecule has 0 aliphatic carbocycles. The fourth-order valence-corrected chi connectivity index (χ4v) is 2.65. The maximum Gasteiger partial charge on any atom is 0.225 e. The van der Waals surface area contributed by atoms with Crippen LogP contribution in [0.25, 0.3) is 11.0 Å². The molecule has 1 aromatic heterocycles. The lowest BCUT2D eigenvalue weighted by Gasteiger charge is -2.23. The molecular weight excluding hydrogens is 371 g/mol. The first-order chi connectivity index (χ1) is 11.6. The summed E-state index contributed by atoms with van der Waals surface area (Å²) >= 11 is 0. The molecule has 5 nitrogen and oxygen atoms in total. The van der Waals surface area contributed by atoms with Crippen LogP contribution in [0, 0.1) is 5.92 Å². The zero-order valence-electron chi connectivity index (χ0n) is 14.7. The highest BCUT2D eigenvalue weighted by Crippen LogP contribution is 2.25. The molecule has 0 radical (unpaired) electrons. The quantitative estimate of drug-likeness (QED) is 0.617. The van der Waals surface area contributed by atoms with Gasteiger partial charge in [0.25, 0.3) is 0 Å². The van der Waals surface area contributed by atoms with E-state index < -0.39 is 0 Å². The highest BCUT2D eigenvalue weighted by Gasteiger charge is 2.22. The van der Waals surface area contributed by atoms with Crippen LogP contribution in [0.15, 0.2) is 54.9 Å². The number of aromatic amines is 1. The standard InChI is InChI=1S/C19H22N4O.2ClH/c1-12(13(2)20)19(24)23-18(14-6-4-3-5-7-14)15-8-9-16-17(10-15)22-11-21-16;;/h3-13,18H,20H2,1-2H3,(H,21,22)(H,23,24);2*1H. The van der Waals surface area contributed by atoms with E-state index in [1.54, 1.807) is 6.33 Å². The fraction of sp³-hybridized carbons (Fsp3) is 0.263. The summed E-state index contributed by atoms with van der Waals surface area (Å²) in [6, 6.07) is 15.5. The van der Waals surface area contributed by atoms with Gasteiger partial charge in [0, 0.05) is 12.0 Å². The number of halogens is 2. The predicted octanol–water partition coefficient (Wildman–Crippen LogP) is 3.60. The Morgan fingerprint density at radius 2 is 1.77 bits per heavy atom. The summed E-state index contributed by atoms with van der Waals surface area (Å²) in [5, 5.41) is 3.13. The van der Waals surface area contributed by atoms with Crippen LogP contribution in [0.3, 0.4) is 0 Å². The minimum Gasteiger partial charge on any atom is -0.345 e. The zero-order chi connectivity index (χ0) is 17.1. The smallest absolute Gasteiger partial charge is 0.225 e. The molecule has 1 amide bonds. The van der Waals surface area contributed by atoms with Gasteiger partial charge >= 0.3 is 0 Å². The fourth-order valence-electron chi connectivity index (χ4n) is 2.65. The van der Waals surface area contributed by atoms with Gasteiger partial charge in [-0.15, -0.1) is 24.8 Å². The molecule has 7 heteroatoms. The number of hydrogen-bond donors (Lipinski definition) is 3. The van der Waals surface area contributed by atoms with Gasteiger partial charge in [0.05, 0.1) is 23.4 Å². The van der Waals surface area contributed by atoms with Crippen molar-refractivity contribution < 1.29 is 4.79 Å². The lowest BCUT2D eigenvalue weighted by Crippen LogP contribution is -2.40. The molecule has 0 saturated carbocycles. The van der Waals surface area contributed by atoms with Crippen molar-refractivity contribution in [1.29, 1.82) is 0 Å². The number of amides is 1. The lowest BCUT2D eigenvalue weighted by atomic mass is 9.96. The Bertz CT molecular complexity index is 836. The first-order valence-electron chi connectivity index (χ1n) is 8.10. The van der Waals surface area contributed by atoms with E-state index in [0.717, 1.165) is 22.2 Å².